The van der Waals surface area contributed by atoms with Crippen molar-refractivity contribution < 1.29 is 14.7 Å². The number of hydrogen-bond acceptors (Lipinski definition) is 5. The van der Waals surface area contributed by atoms with Crippen molar-refractivity contribution in [2.75, 3.05) is 11.9 Å². The van der Waals surface area contributed by atoms with E-state index in [1.807, 2.05) is 38.1 Å². The number of aliphatic hydroxyl groups is 1. The lowest BCUT2D eigenvalue weighted by atomic mass is 9.79. The van der Waals surface area contributed by atoms with E-state index in [2.05, 4.69) is 32.9 Å². The first kappa shape index (κ1) is 25.6. The molecule has 4 N–H and O–H groups in total. The van der Waals surface area contributed by atoms with E-state index in [-0.39, 0.29) is 30.4 Å². The van der Waals surface area contributed by atoms with Gasteiger partial charge in [0.1, 0.15) is 11.7 Å². The maximum Gasteiger partial charge on any atom is 0.270 e. The highest BCUT2D eigenvalue weighted by atomic mass is 16.3. The third kappa shape index (κ3) is 5.51. The van der Waals surface area contributed by atoms with Gasteiger partial charge < -0.3 is 15.7 Å². The Bertz CT molecular complexity index is 1170. The molecule has 9 nitrogen and oxygen atoms in total. The van der Waals surface area contributed by atoms with Crippen LogP contribution in [0.15, 0.2) is 36.5 Å². The Morgan fingerprint density at radius 3 is 2.44 bits per heavy atom. The Kier molecular flexibility index (Phi) is 7.88. The van der Waals surface area contributed by atoms with Gasteiger partial charge in [-0.1, -0.05) is 31.9 Å². The molecule has 192 valence electrons. The van der Waals surface area contributed by atoms with E-state index in [1.165, 1.54) is 10.9 Å². The van der Waals surface area contributed by atoms with Gasteiger partial charge in [-0.3, -0.25) is 19.4 Å². The van der Waals surface area contributed by atoms with Gasteiger partial charge in [0.2, 0.25) is 5.91 Å². The Balaban J connectivity index is 1.52. The Morgan fingerprint density at radius 1 is 1.14 bits per heavy atom. The fraction of sp³-hybridized carbons (Fsp3) is 0.481. The molecule has 0 aliphatic heterocycles. The SMILES string of the molecule is Cc1n[nH]c(C)c1-c1ccc(NC(=O)[C@@H](NC(=O)c2ccnn2C(C)CO)C2CCC(C)CC2)cc1. The number of rotatable bonds is 8. The van der Waals surface area contributed by atoms with Crippen LogP contribution in [0.3, 0.4) is 0 Å². The minimum absolute atomic E-state index is 0.0484. The van der Waals surface area contributed by atoms with Gasteiger partial charge in [0.25, 0.3) is 5.91 Å². The summed E-state index contributed by atoms with van der Waals surface area (Å²) in [4.78, 5) is 26.7. The lowest BCUT2D eigenvalue weighted by molar-refractivity contribution is -0.119. The summed E-state index contributed by atoms with van der Waals surface area (Å²) in [6, 6.07) is 8.27. The molecular weight excluding hydrogens is 456 g/mol. The highest BCUT2D eigenvalue weighted by molar-refractivity contribution is 6.00. The maximum atomic E-state index is 13.5. The topological polar surface area (TPSA) is 125 Å². The number of H-pyrrole nitrogens is 1. The molecule has 1 aliphatic carbocycles. The molecule has 0 saturated heterocycles. The molecule has 1 fully saturated rings. The average molecular weight is 493 g/mol. The van der Waals surface area contributed by atoms with Crippen LogP contribution in [0.25, 0.3) is 11.1 Å². The summed E-state index contributed by atoms with van der Waals surface area (Å²) in [5.41, 5.74) is 5.00. The first-order valence-electron chi connectivity index (χ1n) is 12.7. The summed E-state index contributed by atoms with van der Waals surface area (Å²) >= 11 is 0. The largest absolute Gasteiger partial charge is 0.394 e. The van der Waals surface area contributed by atoms with E-state index >= 15 is 0 Å². The third-order valence-electron chi connectivity index (χ3n) is 7.25. The van der Waals surface area contributed by atoms with E-state index < -0.39 is 6.04 Å². The number of benzene rings is 1. The molecule has 3 aromatic rings. The minimum Gasteiger partial charge on any atom is -0.394 e. The van der Waals surface area contributed by atoms with Crippen LogP contribution in [0.1, 0.15) is 67.4 Å². The Morgan fingerprint density at radius 2 is 1.83 bits per heavy atom. The van der Waals surface area contributed by atoms with Gasteiger partial charge in [0.05, 0.1) is 18.3 Å². The highest BCUT2D eigenvalue weighted by Gasteiger charge is 2.33. The van der Waals surface area contributed by atoms with Gasteiger partial charge in [-0.25, -0.2) is 0 Å². The number of anilines is 1. The van der Waals surface area contributed by atoms with Gasteiger partial charge in [-0.15, -0.1) is 0 Å². The van der Waals surface area contributed by atoms with E-state index in [1.54, 1.807) is 13.0 Å². The standard InChI is InChI=1S/C27H36N6O3/c1-16-5-7-21(8-6-16)25(30-26(35)23-13-14-28-33(23)17(2)15-34)27(36)29-22-11-9-20(10-12-22)24-18(3)31-32-19(24)4/h9-14,16-17,21,25,34H,5-8,15H2,1-4H3,(H,29,36)(H,30,35)(H,31,32)/t16?,17?,21?,25-/m0/s1. The lowest BCUT2D eigenvalue weighted by Crippen LogP contribution is -2.49. The van der Waals surface area contributed by atoms with Crippen molar-refractivity contribution in [3.8, 4) is 11.1 Å². The van der Waals surface area contributed by atoms with Crippen molar-refractivity contribution in [2.24, 2.45) is 11.8 Å². The number of aryl methyl sites for hydroxylation is 2. The number of amides is 2. The number of aromatic nitrogens is 4. The van der Waals surface area contributed by atoms with Crippen LogP contribution in [0.2, 0.25) is 0 Å². The molecule has 1 aromatic carbocycles. The van der Waals surface area contributed by atoms with Crippen LogP contribution in [0.4, 0.5) is 5.69 Å². The number of carbonyl (C=O) groups excluding carboxylic acids is 2. The van der Waals surface area contributed by atoms with Crippen molar-refractivity contribution in [3.05, 3.63) is 53.6 Å². The van der Waals surface area contributed by atoms with Crippen molar-refractivity contribution in [3.63, 3.8) is 0 Å². The van der Waals surface area contributed by atoms with Crippen molar-refractivity contribution in [2.45, 2.75) is 65.5 Å². The minimum atomic E-state index is -0.671. The normalized spacial score (nSPS) is 19.5. The van der Waals surface area contributed by atoms with Crippen LogP contribution in [0.5, 0.6) is 0 Å². The molecule has 4 rings (SSSR count). The van der Waals surface area contributed by atoms with Crippen LogP contribution in [-0.4, -0.2) is 49.5 Å². The van der Waals surface area contributed by atoms with Crippen LogP contribution >= 0.6 is 0 Å². The van der Waals surface area contributed by atoms with Crippen LogP contribution < -0.4 is 10.6 Å². The fourth-order valence-electron chi connectivity index (χ4n) is 5.07. The van der Waals surface area contributed by atoms with E-state index in [0.29, 0.717) is 17.3 Å². The molecule has 0 spiro atoms. The summed E-state index contributed by atoms with van der Waals surface area (Å²) < 4.78 is 1.49. The molecule has 2 atom stereocenters. The predicted molar refractivity (Wildman–Crippen MR) is 139 cm³/mol. The second-order valence-electron chi connectivity index (χ2n) is 10.0. The molecule has 0 radical (unpaired) electrons. The number of aliphatic hydroxyl groups excluding tert-OH is 1. The third-order valence-corrected chi connectivity index (χ3v) is 7.25. The van der Waals surface area contributed by atoms with Gasteiger partial charge in [-0.05, 0) is 69.2 Å². The number of hydrogen-bond donors (Lipinski definition) is 4. The number of aromatic amines is 1. The van der Waals surface area contributed by atoms with Crippen LogP contribution in [-0.2, 0) is 4.79 Å². The summed E-state index contributed by atoms with van der Waals surface area (Å²) in [5.74, 6) is 0.0718. The zero-order valence-corrected chi connectivity index (χ0v) is 21.4. The predicted octanol–water partition coefficient (Wildman–Crippen LogP) is 4.01. The Hall–Kier alpha value is -3.46. The van der Waals surface area contributed by atoms with Gasteiger partial charge in [0, 0.05) is 23.1 Å². The van der Waals surface area contributed by atoms with Gasteiger partial charge in [-0.2, -0.15) is 10.2 Å². The zero-order valence-electron chi connectivity index (χ0n) is 21.4. The molecule has 9 heteroatoms. The average Bonchev–Trinajstić information content (AvgIpc) is 3.50. The molecular formula is C27H36N6O3. The monoisotopic (exact) mass is 492 g/mol. The summed E-state index contributed by atoms with van der Waals surface area (Å²) in [6.07, 6.45) is 5.35. The highest BCUT2D eigenvalue weighted by Crippen LogP contribution is 2.32. The first-order valence-corrected chi connectivity index (χ1v) is 12.7. The number of nitrogens with one attached hydrogen (secondary N) is 3. The second kappa shape index (κ2) is 11.1. The number of carbonyl (C=O) groups is 2. The number of nitrogens with zero attached hydrogens (tertiary/aromatic N) is 3. The molecule has 36 heavy (non-hydrogen) atoms. The second-order valence-corrected chi connectivity index (χ2v) is 10.0. The fourth-order valence-corrected chi connectivity index (χ4v) is 5.07. The first-order chi connectivity index (χ1) is 17.3. The van der Waals surface area contributed by atoms with Gasteiger partial charge >= 0.3 is 0 Å². The van der Waals surface area contributed by atoms with Crippen molar-refractivity contribution in [1.29, 1.82) is 0 Å². The molecule has 2 heterocycles. The molecule has 1 unspecified atom stereocenters. The molecule has 0 bridgehead atoms. The van der Waals surface area contributed by atoms with Crippen molar-refractivity contribution >= 4 is 17.5 Å². The summed E-state index contributed by atoms with van der Waals surface area (Å²) in [5, 5.41) is 27.0. The molecule has 2 amide bonds. The molecule has 1 saturated carbocycles. The smallest absolute Gasteiger partial charge is 0.270 e. The van der Waals surface area contributed by atoms with Gasteiger partial charge in [0.15, 0.2) is 0 Å². The van der Waals surface area contributed by atoms with E-state index in [9.17, 15) is 14.7 Å². The zero-order chi connectivity index (χ0) is 25.8. The maximum absolute atomic E-state index is 13.5. The van der Waals surface area contributed by atoms with E-state index in [4.69, 9.17) is 0 Å². The quantitative estimate of drug-likeness (QED) is 0.378. The lowest BCUT2D eigenvalue weighted by Gasteiger charge is -2.32. The Labute approximate surface area is 211 Å². The molecule has 2 aromatic heterocycles. The van der Waals surface area contributed by atoms with Crippen molar-refractivity contribution in [1.82, 2.24) is 25.3 Å². The van der Waals surface area contributed by atoms with E-state index in [0.717, 1.165) is 48.2 Å². The molecule has 1 aliphatic rings. The summed E-state index contributed by atoms with van der Waals surface area (Å²) in [7, 11) is 0. The van der Waals surface area contributed by atoms with Crippen LogP contribution in [0, 0.1) is 25.7 Å². The summed E-state index contributed by atoms with van der Waals surface area (Å²) in [6.45, 7) is 7.81.